The van der Waals surface area contributed by atoms with Gasteiger partial charge in [0.15, 0.2) is 5.76 Å². The molecule has 0 aliphatic heterocycles. The smallest absolute Gasteiger partial charge is 0.326 e. The Labute approximate surface area is 126 Å². The van der Waals surface area contributed by atoms with Crippen molar-refractivity contribution in [1.29, 1.82) is 0 Å². The molecule has 118 valence electrons. The van der Waals surface area contributed by atoms with Crippen LogP contribution in [0.4, 0.5) is 0 Å². The Balaban J connectivity index is 1.87. The number of carboxylic acid groups (broad SMARTS) is 1. The molecule has 2 aromatic rings. The summed E-state index contributed by atoms with van der Waals surface area (Å²) in [6.07, 6.45) is 1.79. The van der Waals surface area contributed by atoms with Gasteiger partial charge in [-0.1, -0.05) is 19.0 Å². The number of carbonyl (C=O) groups excluding carboxylic acids is 1. The average molecular weight is 307 g/mol. The molecule has 2 rings (SSSR count). The zero-order chi connectivity index (χ0) is 16.1. The minimum atomic E-state index is -1.05. The highest BCUT2D eigenvalue weighted by Gasteiger charge is 2.23. The normalized spacial score (nSPS) is 12.3. The third-order valence-electron chi connectivity index (χ3n) is 3.02. The number of nitrogens with one attached hydrogen (secondary N) is 1. The Morgan fingerprint density at radius 1 is 1.41 bits per heavy atom. The van der Waals surface area contributed by atoms with Crippen LogP contribution in [0.1, 0.15) is 26.2 Å². The van der Waals surface area contributed by atoms with E-state index in [1.54, 1.807) is 26.0 Å². The minimum absolute atomic E-state index is 0.0658. The third kappa shape index (κ3) is 3.94. The van der Waals surface area contributed by atoms with Crippen LogP contribution in [0.25, 0.3) is 11.6 Å². The van der Waals surface area contributed by atoms with Crippen molar-refractivity contribution in [3.8, 4) is 11.6 Å². The van der Waals surface area contributed by atoms with Crippen molar-refractivity contribution >= 4 is 11.9 Å². The molecule has 0 saturated carbocycles. The van der Waals surface area contributed by atoms with Crippen LogP contribution in [0, 0.1) is 5.92 Å². The molecule has 2 heterocycles. The summed E-state index contributed by atoms with van der Waals surface area (Å²) in [4.78, 5) is 26.9. The highest BCUT2D eigenvalue weighted by Crippen LogP contribution is 2.16. The van der Waals surface area contributed by atoms with Crippen molar-refractivity contribution in [2.24, 2.45) is 5.92 Å². The lowest BCUT2D eigenvalue weighted by Gasteiger charge is -2.17. The van der Waals surface area contributed by atoms with Crippen molar-refractivity contribution in [2.45, 2.75) is 32.7 Å². The summed E-state index contributed by atoms with van der Waals surface area (Å²) in [6.45, 7) is 3.46. The van der Waals surface area contributed by atoms with Gasteiger partial charge in [-0.25, -0.2) is 4.79 Å². The van der Waals surface area contributed by atoms with E-state index in [1.807, 2.05) is 0 Å². The van der Waals surface area contributed by atoms with Crippen LogP contribution in [0.15, 0.2) is 27.3 Å². The number of hydrogen-bond acceptors (Lipinski definition) is 6. The number of furan rings is 1. The van der Waals surface area contributed by atoms with Crippen molar-refractivity contribution in [3.05, 3.63) is 24.3 Å². The van der Waals surface area contributed by atoms with E-state index in [4.69, 9.17) is 14.0 Å². The molecule has 0 aromatic carbocycles. The Morgan fingerprint density at radius 3 is 2.77 bits per heavy atom. The molecule has 2 aromatic heterocycles. The zero-order valence-corrected chi connectivity index (χ0v) is 12.3. The van der Waals surface area contributed by atoms with Gasteiger partial charge >= 0.3 is 5.97 Å². The molecule has 0 unspecified atom stereocenters. The molecule has 2 N–H and O–H groups in total. The monoisotopic (exact) mass is 307 g/mol. The second kappa shape index (κ2) is 6.88. The van der Waals surface area contributed by atoms with E-state index >= 15 is 0 Å². The van der Waals surface area contributed by atoms with E-state index in [0.717, 1.165) is 0 Å². The maximum absolute atomic E-state index is 11.8. The Hall–Kier alpha value is -2.64. The van der Waals surface area contributed by atoms with Gasteiger partial charge in [0, 0.05) is 12.8 Å². The van der Waals surface area contributed by atoms with Gasteiger partial charge in [-0.2, -0.15) is 4.98 Å². The topological polar surface area (TPSA) is 118 Å². The molecule has 0 aliphatic carbocycles. The number of carbonyl (C=O) groups is 2. The number of aromatic nitrogens is 2. The summed E-state index contributed by atoms with van der Waals surface area (Å²) in [5.74, 6) is -0.551. The average Bonchev–Trinajstić information content (AvgIpc) is 3.12. The molecule has 0 bridgehead atoms. The predicted octanol–water partition coefficient (Wildman–Crippen LogP) is 1.49. The molecular formula is C14H17N3O5. The van der Waals surface area contributed by atoms with Crippen LogP contribution in [-0.2, 0) is 16.0 Å². The van der Waals surface area contributed by atoms with Crippen LogP contribution >= 0.6 is 0 Å². The van der Waals surface area contributed by atoms with E-state index in [0.29, 0.717) is 11.6 Å². The molecule has 8 heteroatoms. The fourth-order valence-electron chi connectivity index (χ4n) is 1.84. The lowest BCUT2D eigenvalue weighted by molar-refractivity contribution is -0.143. The highest BCUT2D eigenvalue weighted by atomic mass is 16.5. The van der Waals surface area contributed by atoms with Crippen LogP contribution in [0.3, 0.4) is 0 Å². The Kier molecular flexibility index (Phi) is 4.92. The Bertz CT molecular complexity index is 633. The first kappa shape index (κ1) is 15.7. The predicted molar refractivity (Wildman–Crippen MR) is 74.7 cm³/mol. The summed E-state index contributed by atoms with van der Waals surface area (Å²) in [5, 5.41) is 15.2. The van der Waals surface area contributed by atoms with Crippen molar-refractivity contribution in [1.82, 2.24) is 15.5 Å². The Morgan fingerprint density at radius 2 is 2.18 bits per heavy atom. The maximum atomic E-state index is 11.8. The number of nitrogens with zero attached hydrogens (tertiary/aromatic N) is 2. The highest BCUT2D eigenvalue weighted by molar-refractivity contribution is 5.83. The van der Waals surface area contributed by atoms with E-state index < -0.39 is 12.0 Å². The number of amides is 1. The van der Waals surface area contributed by atoms with Crippen molar-refractivity contribution < 1.29 is 23.6 Å². The minimum Gasteiger partial charge on any atom is -0.480 e. The second-order valence-corrected chi connectivity index (χ2v) is 5.12. The largest absolute Gasteiger partial charge is 0.480 e. The number of aryl methyl sites for hydroxylation is 1. The van der Waals surface area contributed by atoms with Gasteiger partial charge in [-0.15, -0.1) is 0 Å². The quantitative estimate of drug-likeness (QED) is 0.795. The van der Waals surface area contributed by atoms with Crippen LogP contribution < -0.4 is 5.32 Å². The molecule has 0 spiro atoms. The fraction of sp³-hybridized carbons (Fsp3) is 0.429. The number of hydrogen-bond donors (Lipinski definition) is 2. The van der Waals surface area contributed by atoms with Gasteiger partial charge in [-0.3, -0.25) is 4.79 Å². The third-order valence-corrected chi connectivity index (χ3v) is 3.02. The lowest BCUT2D eigenvalue weighted by atomic mass is 10.0. The zero-order valence-electron chi connectivity index (χ0n) is 12.3. The molecule has 1 amide bonds. The summed E-state index contributed by atoms with van der Waals surface area (Å²) in [7, 11) is 0. The molecule has 0 fully saturated rings. The van der Waals surface area contributed by atoms with E-state index in [1.165, 1.54) is 6.26 Å². The first-order valence-electron chi connectivity index (χ1n) is 6.86. The summed E-state index contributed by atoms with van der Waals surface area (Å²) in [5.41, 5.74) is 0. The second-order valence-electron chi connectivity index (χ2n) is 5.12. The van der Waals surface area contributed by atoms with E-state index in [2.05, 4.69) is 15.5 Å². The molecule has 8 nitrogen and oxygen atoms in total. The van der Waals surface area contributed by atoms with E-state index in [-0.39, 0.29) is 30.6 Å². The molecule has 0 aliphatic rings. The van der Waals surface area contributed by atoms with Gasteiger partial charge < -0.3 is 19.4 Å². The van der Waals surface area contributed by atoms with Crippen LogP contribution in [0.5, 0.6) is 0 Å². The number of carboxylic acids is 1. The summed E-state index contributed by atoms with van der Waals surface area (Å²) < 4.78 is 10.2. The van der Waals surface area contributed by atoms with Gasteiger partial charge in [-0.05, 0) is 18.1 Å². The van der Waals surface area contributed by atoms with Gasteiger partial charge in [0.25, 0.3) is 0 Å². The standard InChI is InChI=1S/C14H17N3O5/c1-8(2)12(14(19)20)15-10(18)5-6-11-16-13(17-22-11)9-4-3-7-21-9/h3-4,7-8,12H,5-6H2,1-2H3,(H,15,18)(H,19,20)/t12-/m0/s1. The van der Waals surface area contributed by atoms with Crippen molar-refractivity contribution in [3.63, 3.8) is 0 Å². The summed E-state index contributed by atoms with van der Waals surface area (Å²) in [6, 6.07) is 2.49. The lowest BCUT2D eigenvalue weighted by Crippen LogP contribution is -2.44. The van der Waals surface area contributed by atoms with Gasteiger partial charge in [0.2, 0.25) is 17.6 Å². The van der Waals surface area contributed by atoms with Crippen LogP contribution in [-0.4, -0.2) is 33.2 Å². The molecule has 22 heavy (non-hydrogen) atoms. The molecule has 0 saturated heterocycles. The van der Waals surface area contributed by atoms with Crippen molar-refractivity contribution in [2.75, 3.05) is 0 Å². The number of aliphatic carboxylic acids is 1. The first-order valence-corrected chi connectivity index (χ1v) is 6.86. The van der Waals surface area contributed by atoms with Gasteiger partial charge in [0.1, 0.15) is 6.04 Å². The van der Waals surface area contributed by atoms with Crippen LogP contribution in [0.2, 0.25) is 0 Å². The number of rotatable bonds is 7. The van der Waals surface area contributed by atoms with Gasteiger partial charge in [0.05, 0.1) is 6.26 Å². The fourth-order valence-corrected chi connectivity index (χ4v) is 1.84. The molecule has 0 radical (unpaired) electrons. The van der Waals surface area contributed by atoms with E-state index in [9.17, 15) is 9.59 Å². The molecular weight excluding hydrogens is 290 g/mol. The maximum Gasteiger partial charge on any atom is 0.326 e. The summed E-state index contributed by atoms with van der Waals surface area (Å²) >= 11 is 0. The first-order chi connectivity index (χ1) is 10.5. The molecule has 1 atom stereocenters. The SMILES string of the molecule is CC(C)[C@H](NC(=O)CCc1nc(-c2ccco2)no1)C(=O)O.